The predicted octanol–water partition coefficient (Wildman–Crippen LogP) is 2.49. The first-order valence-electron chi connectivity index (χ1n) is 10.5. The summed E-state index contributed by atoms with van der Waals surface area (Å²) in [4.78, 5) is 34.0. The van der Waals surface area contributed by atoms with Crippen LogP contribution in [0.25, 0.3) is 0 Å². The fraction of sp³-hybridized carbons (Fsp3) is 0.455. The van der Waals surface area contributed by atoms with Gasteiger partial charge in [-0.25, -0.2) is 4.99 Å². The number of amidine groups is 1. The Hall–Kier alpha value is -2.65. The fourth-order valence-electron chi connectivity index (χ4n) is 3.19. The van der Waals surface area contributed by atoms with E-state index in [2.05, 4.69) is 20.3 Å². The summed E-state index contributed by atoms with van der Waals surface area (Å²) >= 11 is 1.36. The summed E-state index contributed by atoms with van der Waals surface area (Å²) in [5, 5.41) is 7.36. The van der Waals surface area contributed by atoms with Crippen molar-refractivity contribution in [2.75, 3.05) is 27.2 Å². The SMILES string of the molecule is CCn1cc(CN2C(=O)C(CC(=O)NCCCN(C)C)SC2=Nc2ccccc2)cn1. The molecule has 1 aliphatic heterocycles. The van der Waals surface area contributed by atoms with Crippen molar-refractivity contribution in [3.05, 3.63) is 48.3 Å². The molecule has 2 heterocycles. The van der Waals surface area contributed by atoms with Crippen molar-refractivity contribution in [2.45, 2.75) is 38.1 Å². The standard InChI is InChI=1S/C22H30N6O2S/c1-4-27-15-17(14-24-27)16-28-21(30)19(13-20(29)23-11-8-12-26(2)3)31-22(28)25-18-9-6-5-7-10-18/h5-7,9-10,14-15,19H,4,8,11-13,16H2,1-3H3,(H,23,29). The summed E-state index contributed by atoms with van der Waals surface area (Å²) in [6.07, 6.45) is 4.72. The van der Waals surface area contributed by atoms with Crippen LogP contribution in [0.15, 0.2) is 47.7 Å². The number of benzene rings is 1. The van der Waals surface area contributed by atoms with Crippen LogP contribution in [0.3, 0.4) is 0 Å². The van der Waals surface area contributed by atoms with Gasteiger partial charge in [0.1, 0.15) is 5.25 Å². The maximum atomic E-state index is 13.2. The molecule has 1 atom stereocenters. The highest BCUT2D eigenvalue weighted by atomic mass is 32.2. The Bertz CT molecular complexity index is 912. The Balaban J connectivity index is 1.70. The van der Waals surface area contributed by atoms with Gasteiger partial charge in [-0.15, -0.1) is 0 Å². The minimum Gasteiger partial charge on any atom is -0.356 e. The zero-order valence-corrected chi connectivity index (χ0v) is 19.1. The van der Waals surface area contributed by atoms with E-state index in [9.17, 15) is 9.59 Å². The van der Waals surface area contributed by atoms with E-state index in [1.807, 2.05) is 62.2 Å². The maximum Gasteiger partial charge on any atom is 0.242 e. The van der Waals surface area contributed by atoms with Crippen molar-refractivity contribution in [1.82, 2.24) is 24.9 Å². The highest BCUT2D eigenvalue weighted by Gasteiger charge is 2.39. The van der Waals surface area contributed by atoms with Gasteiger partial charge >= 0.3 is 0 Å². The van der Waals surface area contributed by atoms with Crippen molar-refractivity contribution in [1.29, 1.82) is 0 Å². The van der Waals surface area contributed by atoms with Crippen LogP contribution in [0.1, 0.15) is 25.3 Å². The number of nitrogens with zero attached hydrogens (tertiary/aromatic N) is 5. The Kier molecular flexibility index (Phi) is 8.25. The first-order chi connectivity index (χ1) is 15.0. The lowest BCUT2D eigenvalue weighted by molar-refractivity contribution is -0.129. The molecule has 0 saturated carbocycles. The Morgan fingerprint density at radius 1 is 1.29 bits per heavy atom. The molecule has 8 nitrogen and oxygen atoms in total. The number of aliphatic imine (C=N–C) groups is 1. The van der Waals surface area contributed by atoms with Crippen molar-refractivity contribution in [2.24, 2.45) is 4.99 Å². The van der Waals surface area contributed by atoms with Gasteiger partial charge in [0.15, 0.2) is 5.17 Å². The summed E-state index contributed by atoms with van der Waals surface area (Å²) in [6.45, 7) is 4.68. The molecule has 1 fully saturated rings. The molecule has 0 radical (unpaired) electrons. The number of aryl methyl sites for hydroxylation is 1. The fourth-order valence-corrected chi connectivity index (χ4v) is 4.35. The summed E-state index contributed by atoms with van der Waals surface area (Å²) in [6, 6.07) is 9.55. The normalized spacial score (nSPS) is 17.7. The molecule has 2 amide bonds. The number of hydrogen-bond donors (Lipinski definition) is 1. The zero-order chi connectivity index (χ0) is 22.2. The summed E-state index contributed by atoms with van der Waals surface area (Å²) in [7, 11) is 4.00. The zero-order valence-electron chi connectivity index (χ0n) is 18.3. The topological polar surface area (TPSA) is 82.8 Å². The van der Waals surface area contributed by atoms with Gasteiger partial charge in [0.05, 0.1) is 18.4 Å². The smallest absolute Gasteiger partial charge is 0.242 e. The van der Waals surface area contributed by atoms with Gasteiger partial charge in [0.25, 0.3) is 0 Å². The first kappa shape index (κ1) is 23.0. The number of carbonyl (C=O) groups excluding carboxylic acids is 2. The van der Waals surface area contributed by atoms with Gasteiger partial charge in [-0.2, -0.15) is 5.10 Å². The molecule has 166 valence electrons. The molecule has 1 unspecified atom stereocenters. The number of para-hydroxylation sites is 1. The molecule has 2 aromatic rings. The minimum absolute atomic E-state index is 0.0904. The van der Waals surface area contributed by atoms with E-state index < -0.39 is 5.25 Å². The van der Waals surface area contributed by atoms with Crippen molar-refractivity contribution in [3.8, 4) is 0 Å². The van der Waals surface area contributed by atoms with Crippen molar-refractivity contribution in [3.63, 3.8) is 0 Å². The Morgan fingerprint density at radius 2 is 2.06 bits per heavy atom. The summed E-state index contributed by atoms with van der Waals surface area (Å²) in [5.41, 5.74) is 1.71. The third-order valence-electron chi connectivity index (χ3n) is 4.83. The summed E-state index contributed by atoms with van der Waals surface area (Å²) < 4.78 is 1.83. The number of hydrogen-bond acceptors (Lipinski definition) is 6. The second-order valence-electron chi connectivity index (χ2n) is 7.68. The Labute approximate surface area is 187 Å². The highest BCUT2D eigenvalue weighted by Crippen LogP contribution is 2.32. The van der Waals surface area contributed by atoms with Crippen LogP contribution in [0.4, 0.5) is 5.69 Å². The maximum absolute atomic E-state index is 13.2. The molecular weight excluding hydrogens is 412 g/mol. The van der Waals surface area contributed by atoms with Gasteiger partial charge in [0.2, 0.25) is 11.8 Å². The third kappa shape index (κ3) is 6.67. The van der Waals surface area contributed by atoms with Crippen LogP contribution < -0.4 is 5.32 Å². The average Bonchev–Trinajstić information content (AvgIpc) is 3.32. The van der Waals surface area contributed by atoms with Crippen LogP contribution in [0.5, 0.6) is 0 Å². The molecule has 1 N–H and O–H groups in total. The van der Waals surface area contributed by atoms with E-state index in [0.29, 0.717) is 18.3 Å². The van der Waals surface area contributed by atoms with Crippen LogP contribution in [0.2, 0.25) is 0 Å². The second kappa shape index (κ2) is 11.1. The molecule has 1 aliphatic rings. The quantitative estimate of drug-likeness (QED) is 0.572. The van der Waals surface area contributed by atoms with E-state index in [1.54, 1.807) is 11.1 Å². The monoisotopic (exact) mass is 442 g/mol. The molecule has 0 aliphatic carbocycles. The number of amides is 2. The third-order valence-corrected chi connectivity index (χ3v) is 6.00. The summed E-state index contributed by atoms with van der Waals surface area (Å²) in [5.74, 6) is -0.198. The van der Waals surface area contributed by atoms with Crippen LogP contribution in [-0.2, 0) is 22.7 Å². The lowest BCUT2D eigenvalue weighted by atomic mass is 10.2. The van der Waals surface area contributed by atoms with E-state index in [1.165, 1.54) is 11.8 Å². The van der Waals surface area contributed by atoms with Crippen molar-refractivity contribution < 1.29 is 9.59 Å². The Morgan fingerprint density at radius 3 is 2.74 bits per heavy atom. The molecule has 1 aromatic carbocycles. The molecule has 31 heavy (non-hydrogen) atoms. The van der Waals surface area contributed by atoms with Gasteiger partial charge in [0, 0.05) is 31.3 Å². The van der Waals surface area contributed by atoms with Gasteiger partial charge in [-0.1, -0.05) is 30.0 Å². The molecular formula is C22H30N6O2S. The van der Waals surface area contributed by atoms with Gasteiger partial charge in [-0.05, 0) is 46.1 Å². The van der Waals surface area contributed by atoms with E-state index in [0.717, 1.165) is 30.8 Å². The second-order valence-corrected chi connectivity index (χ2v) is 8.85. The molecule has 0 bridgehead atoms. The van der Waals surface area contributed by atoms with Gasteiger partial charge < -0.3 is 10.2 Å². The van der Waals surface area contributed by atoms with E-state index in [4.69, 9.17) is 0 Å². The predicted molar refractivity (Wildman–Crippen MR) is 124 cm³/mol. The lowest BCUT2D eigenvalue weighted by Crippen LogP contribution is -2.35. The van der Waals surface area contributed by atoms with E-state index >= 15 is 0 Å². The number of aromatic nitrogens is 2. The van der Waals surface area contributed by atoms with Gasteiger partial charge in [-0.3, -0.25) is 19.2 Å². The van der Waals surface area contributed by atoms with Crippen LogP contribution in [-0.4, -0.2) is 69.0 Å². The minimum atomic E-state index is -0.475. The number of nitrogens with one attached hydrogen (secondary N) is 1. The van der Waals surface area contributed by atoms with Crippen LogP contribution in [0, 0.1) is 0 Å². The average molecular weight is 443 g/mol. The molecule has 3 rings (SSSR count). The first-order valence-corrected chi connectivity index (χ1v) is 11.4. The molecule has 9 heteroatoms. The number of thioether (sulfide) groups is 1. The molecule has 1 saturated heterocycles. The van der Waals surface area contributed by atoms with Crippen LogP contribution >= 0.6 is 11.8 Å². The van der Waals surface area contributed by atoms with Crippen molar-refractivity contribution >= 4 is 34.4 Å². The lowest BCUT2D eigenvalue weighted by Gasteiger charge is -2.15. The molecule has 1 aromatic heterocycles. The number of rotatable bonds is 10. The van der Waals surface area contributed by atoms with E-state index in [-0.39, 0.29) is 18.2 Å². The largest absolute Gasteiger partial charge is 0.356 e. The highest BCUT2D eigenvalue weighted by molar-refractivity contribution is 8.15. The number of carbonyl (C=O) groups is 2. The molecule has 0 spiro atoms.